The molecule has 0 radical (unpaired) electrons. The van der Waals surface area contributed by atoms with Crippen LogP contribution in [-0.2, 0) is 6.54 Å². The van der Waals surface area contributed by atoms with E-state index in [-0.39, 0.29) is 0 Å². The van der Waals surface area contributed by atoms with Crippen LogP contribution in [0.3, 0.4) is 0 Å². The van der Waals surface area contributed by atoms with Crippen LogP contribution in [0.1, 0.15) is 4.88 Å². The lowest BCUT2D eigenvalue weighted by Crippen LogP contribution is -1.97. The van der Waals surface area contributed by atoms with Gasteiger partial charge < -0.3 is 5.32 Å². The highest BCUT2D eigenvalue weighted by molar-refractivity contribution is 9.11. The Labute approximate surface area is 105 Å². The van der Waals surface area contributed by atoms with Gasteiger partial charge in [0.05, 0.1) is 3.79 Å². The summed E-state index contributed by atoms with van der Waals surface area (Å²) in [5, 5.41) is 3.79. The van der Waals surface area contributed by atoms with E-state index in [1.54, 1.807) is 17.5 Å². The van der Waals surface area contributed by atoms with Gasteiger partial charge in [0, 0.05) is 23.3 Å². The SMILES string of the molecule is Clc1cc(NCc2ccc(Br)s2)ccn1. The fourth-order valence-electron chi connectivity index (χ4n) is 1.15. The molecule has 0 saturated heterocycles. The van der Waals surface area contributed by atoms with Crippen molar-refractivity contribution in [2.75, 3.05) is 5.32 Å². The van der Waals surface area contributed by atoms with E-state index in [0.29, 0.717) is 5.15 Å². The number of anilines is 1. The van der Waals surface area contributed by atoms with Gasteiger partial charge in [-0.05, 0) is 40.2 Å². The normalized spacial score (nSPS) is 10.3. The third-order valence-electron chi connectivity index (χ3n) is 1.82. The average molecular weight is 304 g/mol. The van der Waals surface area contributed by atoms with Gasteiger partial charge in [0.2, 0.25) is 0 Å². The Morgan fingerprint density at radius 1 is 1.40 bits per heavy atom. The highest BCUT2D eigenvalue weighted by Crippen LogP contribution is 2.23. The standard InChI is InChI=1S/C10H8BrClN2S/c11-9-2-1-8(15-9)6-14-7-3-4-13-10(12)5-7/h1-5H,6H2,(H,13,14). The van der Waals surface area contributed by atoms with Crippen molar-refractivity contribution in [1.29, 1.82) is 0 Å². The number of thiophene rings is 1. The number of rotatable bonds is 3. The monoisotopic (exact) mass is 302 g/mol. The largest absolute Gasteiger partial charge is 0.380 e. The second kappa shape index (κ2) is 4.96. The van der Waals surface area contributed by atoms with Crippen LogP contribution in [0.5, 0.6) is 0 Å². The predicted molar refractivity (Wildman–Crippen MR) is 68.6 cm³/mol. The Bertz CT molecular complexity index is 458. The summed E-state index contributed by atoms with van der Waals surface area (Å²) in [6.07, 6.45) is 1.69. The van der Waals surface area contributed by atoms with E-state index in [0.717, 1.165) is 16.0 Å². The topological polar surface area (TPSA) is 24.9 Å². The maximum absolute atomic E-state index is 5.77. The van der Waals surface area contributed by atoms with Crippen molar-refractivity contribution in [1.82, 2.24) is 4.98 Å². The van der Waals surface area contributed by atoms with E-state index < -0.39 is 0 Å². The van der Waals surface area contributed by atoms with Gasteiger partial charge in [-0.15, -0.1) is 11.3 Å². The molecule has 2 nitrogen and oxygen atoms in total. The molecule has 0 fully saturated rings. The van der Waals surface area contributed by atoms with Gasteiger partial charge in [-0.3, -0.25) is 0 Å². The molecular weight excluding hydrogens is 296 g/mol. The summed E-state index contributed by atoms with van der Waals surface area (Å²) >= 11 is 10.9. The summed E-state index contributed by atoms with van der Waals surface area (Å²) in [5.74, 6) is 0. The van der Waals surface area contributed by atoms with E-state index in [1.165, 1.54) is 4.88 Å². The molecule has 0 aliphatic heterocycles. The fraction of sp³-hybridized carbons (Fsp3) is 0.100. The van der Waals surface area contributed by atoms with Crippen LogP contribution in [0, 0.1) is 0 Å². The van der Waals surface area contributed by atoms with Crippen molar-refractivity contribution in [3.63, 3.8) is 0 Å². The molecule has 0 bridgehead atoms. The van der Waals surface area contributed by atoms with Gasteiger partial charge in [0.1, 0.15) is 5.15 Å². The summed E-state index contributed by atoms with van der Waals surface area (Å²) in [7, 11) is 0. The van der Waals surface area contributed by atoms with Crippen molar-refractivity contribution in [2.24, 2.45) is 0 Å². The van der Waals surface area contributed by atoms with Crippen LogP contribution in [0.15, 0.2) is 34.2 Å². The summed E-state index contributed by atoms with van der Waals surface area (Å²) in [6, 6.07) is 7.84. The Hall–Kier alpha value is -0.580. The summed E-state index contributed by atoms with van der Waals surface area (Å²) in [4.78, 5) is 5.19. The molecule has 78 valence electrons. The zero-order chi connectivity index (χ0) is 10.7. The van der Waals surface area contributed by atoms with Gasteiger partial charge in [-0.1, -0.05) is 11.6 Å². The number of hydrogen-bond acceptors (Lipinski definition) is 3. The number of pyridine rings is 1. The minimum Gasteiger partial charge on any atom is -0.380 e. The fourth-order valence-corrected chi connectivity index (χ4v) is 2.75. The number of halogens is 2. The predicted octanol–water partition coefficient (Wildman–Crippen LogP) is 4.17. The molecule has 1 N–H and O–H groups in total. The smallest absolute Gasteiger partial charge is 0.131 e. The highest BCUT2D eigenvalue weighted by Gasteiger charge is 1.98. The molecule has 0 unspecified atom stereocenters. The van der Waals surface area contributed by atoms with E-state index >= 15 is 0 Å². The quantitative estimate of drug-likeness (QED) is 0.861. The molecule has 0 saturated carbocycles. The van der Waals surface area contributed by atoms with E-state index in [1.807, 2.05) is 18.2 Å². The summed E-state index contributed by atoms with van der Waals surface area (Å²) in [6.45, 7) is 0.802. The molecule has 0 amide bonds. The minimum atomic E-state index is 0.507. The Morgan fingerprint density at radius 2 is 2.27 bits per heavy atom. The molecule has 0 aliphatic carbocycles. The summed E-state index contributed by atoms with van der Waals surface area (Å²) in [5.41, 5.74) is 0.986. The van der Waals surface area contributed by atoms with Crippen molar-refractivity contribution in [3.05, 3.63) is 44.3 Å². The zero-order valence-corrected chi connectivity index (χ0v) is 10.9. The Balaban J connectivity index is 1.99. The number of nitrogens with zero attached hydrogens (tertiary/aromatic N) is 1. The van der Waals surface area contributed by atoms with Crippen molar-refractivity contribution < 1.29 is 0 Å². The van der Waals surface area contributed by atoms with Crippen molar-refractivity contribution in [2.45, 2.75) is 6.54 Å². The van der Waals surface area contributed by atoms with Crippen LogP contribution in [0.4, 0.5) is 5.69 Å². The second-order valence-electron chi connectivity index (χ2n) is 2.93. The molecular formula is C10H8BrClN2S. The minimum absolute atomic E-state index is 0.507. The van der Waals surface area contributed by atoms with Gasteiger partial charge in [0.25, 0.3) is 0 Å². The second-order valence-corrected chi connectivity index (χ2v) is 5.86. The zero-order valence-electron chi connectivity index (χ0n) is 7.71. The van der Waals surface area contributed by atoms with Gasteiger partial charge in [0.15, 0.2) is 0 Å². The lowest BCUT2D eigenvalue weighted by Gasteiger charge is -2.03. The van der Waals surface area contributed by atoms with Crippen LogP contribution in [0.2, 0.25) is 5.15 Å². The molecule has 5 heteroatoms. The highest BCUT2D eigenvalue weighted by atomic mass is 79.9. The molecule has 0 aliphatic rings. The third-order valence-corrected chi connectivity index (χ3v) is 3.65. The number of aromatic nitrogens is 1. The van der Waals surface area contributed by atoms with Gasteiger partial charge in [-0.2, -0.15) is 0 Å². The molecule has 2 heterocycles. The maximum Gasteiger partial charge on any atom is 0.131 e. The Kier molecular flexibility index (Phi) is 3.61. The first kappa shape index (κ1) is 10.9. The van der Waals surface area contributed by atoms with E-state index in [2.05, 4.69) is 32.3 Å². The van der Waals surface area contributed by atoms with Gasteiger partial charge in [-0.25, -0.2) is 4.98 Å². The number of nitrogens with one attached hydrogen (secondary N) is 1. The first-order valence-corrected chi connectivity index (χ1v) is 6.32. The Morgan fingerprint density at radius 3 is 2.93 bits per heavy atom. The van der Waals surface area contributed by atoms with Gasteiger partial charge >= 0.3 is 0 Å². The van der Waals surface area contributed by atoms with Crippen LogP contribution in [-0.4, -0.2) is 4.98 Å². The first-order chi connectivity index (χ1) is 7.24. The molecule has 0 spiro atoms. The van der Waals surface area contributed by atoms with Crippen LogP contribution < -0.4 is 5.32 Å². The summed E-state index contributed by atoms with van der Waals surface area (Å²) < 4.78 is 1.15. The van der Waals surface area contributed by atoms with E-state index in [4.69, 9.17) is 11.6 Å². The molecule has 2 rings (SSSR count). The molecule has 0 atom stereocenters. The molecule has 0 aromatic carbocycles. The maximum atomic E-state index is 5.77. The molecule has 2 aromatic rings. The van der Waals surface area contributed by atoms with Crippen LogP contribution in [0.25, 0.3) is 0 Å². The average Bonchev–Trinajstić information content (AvgIpc) is 2.62. The lowest BCUT2D eigenvalue weighted by molar-refractivity contribution is 1.18. The van der Waals surface area contributed by atoms with Crippen molar-refractivity contribution in [3.8, 4) is 0 Å². The first-order valence-electron chi connectivity index (χ1n) is 4.34. The van der Waals surface area contributed by atoms with E-state index in [9.17, 15) is 0 Å². The van der Waals surface area contributed by atoms with Crippen molar-refractivity contribution >= 4 is 44.6 Å². The van der Waals surface area contributed by atoms with Crippen LogP contribution >= 0.6 is 38.9 Å². The molecule has 15 heavy (non-hydrogen) atoms. The molecule has 2 aromatic heterocycles. The number of hydrogen-bond donors (Lipinski definition) is 1. The third kappa shape index (κ3) is 3.19. The lowest BCUT2D eigenvalue weighted by atomic mass is 10.4.